The monoisotopic (exact) mass is 231 g/mol. The minimum atomic E-state index is 0.888. The lowest BCUT2D eigenvalue weighted by atomic mass is 10.2. The zero-order valence-corrected chi connectivity index (χ0v) is 9.91. The maximum atomic E-state index is 5.27. The molecule has 1 radical (unpaired) electrons. The normalized spacial score (nSPS) is 15.2. The Bertz CT molecular complexity index is 402. The van der Waals surface area contributed by atoms with E-state index in [0.29, 0.717) is 0 Å². The molecule has 0 fully saturated rings. The molecule has 1 aromatic rings. The number of allylic oxidation sites excluding steroid dienone is 4. The maximum absolute atomic E-state index is 5.27. The molecule has 15 heavy (non-hydrogen) atoms. The Labute approximate surface area is 100 Å². The van der Waals surface area contributed by atoms with Crippen LogP contribution in [0.3, 0.4) is 0 Å². The highest BCUT2D eigenvalue weighted by Crippen LogP contribution is 2.25. The second-order valence-corrected chi connectivity index (χ2v) is 4.76. The van der Waals surface area contributed by atoms with Crippen LogP contribution < -0.4 is 0 Å². The van der Waals surface area contributed by atoms with Gasteiger partial charge in [-0.15, -0.1) is 11.8 Å². The standard InChI is InChI=1S/C13H11S2/c14-12-8-4-5-9-13(12)15-10-11-6-2-1-3-7-11/h1-7H,8,10H2. The summed E-state index contributed by atoms with van der Waals surface area (Å²) in [5, 5.41) is 0. The second-order valence-electron chi connectivity index (χ2n) is 3.28. The van der Waals surface area contributed by atoms with Crippen LogP contribution in [0.15, 0.2) is 47.4 Å². The molecule has 0 saturated heterocycles. The number of rotatable bonds is 3. The molecule has 1 aromatic carbocycles. The molecular weight excluding hydrogens is 220 g/mol. The van der Waals surface area contributed by atoms with Crippen LogP contribution in [0.5, 0.6) is 0 Å². The summed E-state index contributed by atoms with van der Waals surface area (Å²) in [6.45, 7) is 0. The van der Waals surface area contributed by atoms with Crippen LogP contribution in [0.2, 0.25) is 0 Å². The fraction of sp³-hybridized carbons (Fsp3) is 0.154. The molecule has 0 N–H and O–H groups in total. The van der Waals surface area contributed by atoms with Crippen molar-refractivity contribution in [1.82, 2.24) is 0 Å². The average molecular weight is 231 g/mol. The number of thiocarbonyl (C=S) groups is 1. The molecule has 0 heterocycles. The quantitative estimate of drug-likeness (QED) is 0.723. The Hall–Kier alpha value is -0.860. The topological polar surface area (TPSA) is 0 Å². The first-order valence-electron chi connectivity index (χ1n) is 4.84. The molecule has 0 spiro atoms. The largest absolute Gasteiger partial charge is 0.120 e. The molecule has 0 aliphatic heterocycles. The second kappa shape index (κ2) is 5.29. The summed E-state index contributed by atoms with van der Waals surface area (Å²) in [5.74, 6) is 0.969. The molecule has 1 aliphatic carbocycles. The number of thioether (sulfide) groups is 1. The lowest BCUT2D eigenvalue weighted by Crippen LogP contribution is -1.98. The van der Waals surface area contributed by atoms with Crippen LogP contribution in [-0.2, 0) is 5.75 Å². The van der Waals surface area contributed by atoms with Crippen LogP contribution in [0.1, 0.15) is 12.0 Å². The Morgan fingerprint density at radius 2 is 2.07 bits per heavy atom. The van der Waals surface area contributed by atoms with Gasteiger partial charge in [-0.05, 0) is 11.6 Å². The van der Waals surface area contributed by atoms with E-state index in [9.17, 15) is 0 Å². The zero-order chi connectivity index (χ0) is 10.5. The third kappa shape index (κ3) is 3.05. The lowest BCUT2D eigenvalue weighted by Gasteiger charge is -2.09. The molecule has 0 unspecified atom stereocenters. The van der Waals surface area contributed by atoms with Gasteiger partial charge >= 0.3 is 0 Å². The van der Waals surface area contributed by atoms with E-state index in [0.717, 1.165) is 21.9 Å². The molecule has 2 rings (SSSR count). The molecule has 0 saturated carbocycles. The van der Waals surface area contributed by atoms with Gasteiger partial charge in [0.25, 0.3) is 0 Å². The third-order valence-electron chi connectivity index (χ3n) is 2.11. The first kappa shape index (κ1) is 10.7. The number of benzene rings is 1. The van der Waals surface area contributed by atoms with Crippen LogP contribution >= 0.6 is 24.0 Å². The van der Waals surface area contributed by atoms with Crippen LogP contribution in [0.4, 0.5) is 0 Å². The minimum Gasteiger partial charge on any atom is -0.120 e. The van der Waals surface area contributed by atoms with Gasteiger partial charge in [-0.3, -0.25) is 0 Å². The molecule has 75 valence electrons. The summed E-state index contributed by atoms with van der Waals surface area (Å²) in [6, 6.07) is 10.4. The van der Waals surface area contributed by atoms with Crippen molar-refractivity contribution in [2.24, 2.45) is 0 Å². The van der Waals surface area contributed by atoms with Gasteiger partial charge in [-0.2, -0.15) is 0 Å². The van der Waals surface area contributed by atoms with Crippen LogP contribution in [-0.4, -0.2) is 4.86 Å². The highest BCUT2D eigenvalue weighted by Gasteiger charge is 2.07. The van der Waals surface area contributed by atoms with Crippen LogP contribution in [0, 0.1) is 6.08 Å². The fourth-order valence-corrected chi connectivity index (χ4v) is 2.56. The Balaban J connectivity index is 1.96. The van der Waals surface area contributed by atoms with E-state index in [1.807, 2.05) is 12.1 Å². The number of hydrogen-bond acceptors (Lipinski definition) is 2. The Morgan fingerprint density at radius 1 is 1.27 bits per heavy atom. The third-order valence-corrected chi connectivity index (χ3v) is 3.75. The van der Waals surface area contributed by atoms with Crippen LogP contribution in [0.25, 0.3) is 0 Å². The first-order valence-corrected chi connectivity index (χ1v) is 6.24. The van der Waals surface area contributed by atoms with E-state index >= 15 is 0 Å². The fourth-order valence-electron chi connectivity index (χ4n) is 1.33. The Morgan fingerprint density at radius 3 is 2.80 bits per heavy atom. The summed E-state index contributed by atoms with van der Waals surface area (Å²) in [4.78, 5) is 2.13. The average Bonchev–Trinajstić information content (AvgIpc) is 2.29. The summed E-state index contributed by atoms with van der Waals surface area (Å²) < 4.78 is 0. The van der Waals surface area contributed by atoms with Crippen molar-refractivity contribution in [1.29, 1.82) is 0 Å². The summed E-state index contributed by atoms with van der Waals surface area (Å²) >= 11 is 7.04. The van der Waals surface area contributed by atoms with Crippen molar-refractivity contribution >= 4 is 28.8 Å². The van der Waals surface area contributed by atoms with E-state index in [1.54, 1.807) is 11.8 Å². The summed E-state index contributed by atoms with van der Waals surface area (Å²) in [7, 11) is 0. The molecule has 0 aromatic heterocycles. The van der Waals surface area contributed by atoms with Gasteiger partial charge in [0.15, 0.2) is 0 Å². The Kier molecular flexibility index (Phi) is 3.75. The molecule has 0 atom stereocenters. The van der Waals surface area contributed by atoms with Gasteiger partial charge < -0.3 is 0 Å². The van der Waals surface area contributed by atoms with Gasteiger partial charge in [0.2, 0.25) is 0 Å². The van der Waals surface area contributed by atoms with E-state index in [-0.39, 0.29) is 0 Å². The highest BCUT2D eigenvalue weighted by molar-refractivity contribution is 8.04. The van der Waals surface area contributed by atoms with Gasteiger partial charge in [0, 0.05) is 21.9 Å². The smallest absolute Gasteiger partial charge is 0.0332 e. The summed E-state index contributed by atoms with van der Waals surface area (Å²) in [6.07, 6.45) is 8.10. The van der Waals surface area contributed by atoms with Gasteiger partial charge in [-0.25, -0.2) is 0 Å². The maximum Gasteiger partial charge on any atom is 0.0332 e. The highest BCUT2D eigenvalue weighted by atomic mass is 32.2. The minimum absolute atomic E-state index is 0.888. The SMILES string of the molecule is S=C1CC=C[C]=C1SCc1ccccc1. The molecule has 0 bridgehead atoms. The van der Waals surface area contributed by atoms with E-state index in [4.69, 9.17) is 12.2 Å². The van der Waals surface area contributed by atoms with Gasteiger partial charge in [0.1, 0.15) is 0 Å². The predicted molar refractivity (Wildman–Crippen MR) is 70.8 cm³/mol. The van der Waals surface area contributed by atoms with Crippen molar-refractivity contribution in [3.8, 4) is 0 Å². The van der Waals surface area contributed by atoms with E-state index < -0.39 is 0 Å². The molecule has 1 aliphatic rings. The summed E-state index contributed by atoms with van der Waals surface area (Å²) in [5.41, 5.74) is 1.33. The van der Waals surface area contributed by atoms with Crippen molar-refractivity contribution in [2.45, 2.75) is 12.2 Å². The van der Waals surface area contributed by atoms with Gasteiger partial charge in [0.05, 0.1) is 0 Å². The molecule has 0 amide bonds. The van der Waals surface area contributed by atoms with E-state index in [2.05, 4.69) is 36.4 Å². The number of hydrogen-bond donors (Lipinski definition) is 0. The van der Waals surface area contributed by atoms with E-state index in [1.165, 1.54) is 5.56 Å². The predicted octanol–water partition coefficient (Wildman–Crippen LogP) is 3.94. The molecular formula is C13H11S2. The van der Waals surface area contributed by atoms with Gasteiger partial charge in [-0.1, -0.05) is 54.7 Å². The van der Waals surface area contributed by atoms with Crippen molar-refractivity contribution in [3.63, 3.8) is 0 Å². The molecule has 2 heteroatoms. The van der Waals surface area contributed by atoms with Crippen molar-refractivity contribution < 1.29 is 0 Å². The lowest BCUT2D eigenvalue weighted by molar-refractivity contribution is 1.41. The van der Waals surface area contributed by atoms with Crippen molar-refractivity contribution in [2.75, 3.05) is 0 Å². The van der Waals surface area contributed by atoms with Crippen molar-refractivity contribution in [3.05, 3.63) is 59.0 Å². The zero-order valence-electron chi connectivity index (χ0n) is 8.27. The first-order chi connectivity index (χ1) is 7.36. The molecule has 0 nitrogen and oxygen atoms in total.